The van der Waals surface area contributed by atoms with Crippen LogP contribution in [-0.2, 0) is 6.42 Å². The Labute approximate surface area is 274 Å². The standard InChI is InChI=1S/C32H25BF15N2/c1-2-3-4-5-6-7-8-9-10-11-14-49-12-13-50(14)33(15-18(34)24(40)30(46)25(41)19(15)35,16-20(36)26(42)31(47)27(43)21(16)37)17-22(38)28(44)32(48)29(45)23(17)39/h12-13H,2-11H2,1H3/q-1. The van der Waals surface area contributed by atoms with E-state index in [1.54, 1.807) is 0 Å². The number of unbranched alkanes of at least 4 members (excludes halogenated alkanes) is 8. The molecule has 50 heavy (non-hydrogen) atoms. The molecule has 0 N–H and O–H groups in total. The highest BCUT2D eigenvalue weighted by atomic mass is 19.2. The summed E-state index contributed by atoms with van der Waals surface area (Å²) in [6.07, 6.45) is 0.778. The van der Waals surface area contributed by atoms with Crippen molar-refractivity contribution in [2.45, 2.75) is 71.1 Å². The predicted molar refractivity (Wildman–Crippen MR) is 152 cm³/mol. The Kier molecular flexibility index (Phi) is 11.9. The second-order valence-corrected chi connectivity index (χ2v) is 11.6. The lowest BCUT2D eigenvalue weighted by Crippen LogP contribution is -2.77. The zero-order valence-corrected chi connectivity index (χ0v) is 25.9. The van der Waals surface area contributed by atoms with Gasteiger partial charge in [0.15, 0.2) is 58.6 Å². The molecule has 0 aliphatic heterocycles. The van der Waals surface area contributed by atoms with Crippen LogP contribution in [0.25, 0.3) is 0 Å². The van der Waals surface area contributed by atoms with Gasteiger partial charge < -0.3 is 4.48 Å². The number of nitrogens with zero attached hydrogens (tertiary/aromatic N) is 2. The molecular weight excluding hydrogens is 708 g/mol. The summed E-state index contributed by atoms with van der Waals surface area (Å²) >= 11 is 0. The first-order chi connectivity index (χ1) is 23.6. The van der Waals surface area contributed by atoms with E-state index in [2.05, 4.69) is 4.98 Å². The monoisotopic (exact) mass is 733 g/mol. The number of hydrogen-bond acceptors (Lipinski definition) is 1. The molecule has 0 aliphatic rings. The van der Waals surface area contributed by atoms with Crippen LogP contribution in [0.1, 0.15) is 70.5 Å². The van der Waals surface area contributed by atoms with Crippen LogP contribution >= 0.6 is 0 Å². The minimum Gasteiger partial charge on any atom is -0.497 e. The number of halogens is 15. The van der Waals surface area contributed by atoms with Gasteiger partial charge in [-0.05, 0) is 12.6 Å². The first-order valence-electron chi connectivity index (χ1n) is 15.3. The van der Waals surface area contributed by atoms with E-state index in [0.717, 1.165) is 32.1 Å². The molecule has 2 nitrogen and oxygen atoms in total. The Bertz CT molecular complexity index is 1650. The van der Waals surface area contributed by atoms with Gasteiger partial charge in [-0.2, -0.15) is 0 Å². The molecule has 0 spiro atoms. The highest BCUT2D eigenvalue weighted by Crippen LogP contribution is 2.30. The predicted octanol–water partition coefficient (Wildman–Crippen LogP) is 8.56. The average Bonchev–Trinajstić information content (AvgIpc) is 3.57. The molecule has 0 saturated heterocycles. The molecule has 4 aromatic rings. The molecule has 0 saturated carbocycles. The van der Waals surface area contributed by atoms with E-state index < -0.39 is 122 Å². The van der Waals surface area contributed by atoms with E-state index in [4.69, 9.17) is 0 Å². The Hall–Kier alpha value is -4.12. The largest absolute Gasteiger partial charge is 0.497 e. The molecule has 1 heterocycles. The summed E-state index contributed by atoms with van der Waals surface area (Å²) in [4.78, 5) is 3.75. The van der Waals surface area contributed by atoms with E-state index in [1.807, 2.05) is 6.92 Å². The molecule has 1 aromatic heterocycles. The maximum atomic E-state index is 15.8. The smallest absolute Gasteiger partial charge is 0.200 e. The van der Waals surface area contributed by atoms with Crippen LogP contribution in [0.2, 0.25) is 0 Å². The topological polar surface area (TPSA) is 17.8 Å². The third kappa shape index (κ3) is 6.33. The van der Waals surface area contributed by atoms with Crippen molar-refractivity contribution in [2.75, 3.05) is 0 Å². The van der Waals surface area contributed by atoms with E-state index in [1.165, 1.54) is 0 Å². The van der Waals surface area contributed by atoms with Gasteiger partial charge in [-0.15, -0.1) is 16.4 Å². The maximum Gasteiger partial charge on any atom is 0.200 e. The van der Waals surface area contributed by atoms with Gasteiger partial charge in [-0.1, -0.05) is 58.3 Å². The fourth-order valence-electron chi connectivity index (χ4n) is 6.30. The summed E-state index contributed by atoms with van der Waals surface area (Å²) < 4.78 is 227. The molecule has 0 fully saturated rings. The fraction of sp³-hybridized carbons (Fsp3) is 0.344. The van der Waals surface area contributed by atoms with E-state index >= 15 is 26.3 Å². The van der Waals surface area contributed by atoms with Crippen LogP contribution in [0.15, 0.2) is 12.4 Å². The second-order valence-electron chi connectivity index (χ2n) is 11.6. The van der Waals surface area contributed by atoms with Crippen molar-refractivity contribution in [2.24, 2.45) is 0 Å². The summed E-state index contributed by atoms with van der Waals surface area (Å²) in [7, 11) is 0. The molecule has 0 bridgehead atoms. The van der Waals surface area contributed by atoms with Gasteiger partial charge in [-0.25, -0.2) is 70.8 Å². The molecular formula is C32H25BF15N2-. The van der Waals surface area contributed by atoms with Crippen LogP contribution in [-0.4, -0.2) is 15.7 Å². The fourth-order valence-corrected chi connectivity index (χ4v) is 6.30. The van der Waals surface area contributed by atoms with E-state index in [9.17, 15) is 39.5 Å². The number of imidazole rings is 1. The van der Waals surface area contributed by atoms with Gasteiger partial charge in [0.1, 0.15) is 34.9 Å². The molecule has 0 unspecified atom stereocenters. The minimum absolute atomic E-state index is 0.0105. The zero-order chi connectivity index (χ0) is 37.2. The lowest BCUT2D eigenvalue weighted by atomic mass is 9.23. The van der Waals surface area contributed by atoms with Gasteiger partial charge in [-0.3, -0.25) is 0 Å². The highest BCUT2D eigenvalue weighted by molar-refractivity contribution is 7.10. The first-order valence-corrected chi connectivity index (χ1v) is 15.3. The van der Waals surface area contributed by atoms with E-state index in [-0.39, 0.29) is 10.9 Å². The molecule has 0 radical (unpaired) electrons. The van der Waals surface area contributed by atoms with Crippen LogP contribution in [0.3, 0.4) is 0 Å². The molecule has 18 heteroatoms. The molecule has 4 rings (SSSR count). The van der Waals surface area contributed by atoms with Gasteiger partial charge in [0.2, 0.25) is 0 Å². The summed E-state index contributed by atoms with van der Waals surface area (Å²) in [5.74, 6) is -46.3. The molecule has 0 amide bonds. The lowest BCUT2D eigenvalue weighted by molar-refractivity contribution is 0.379. The number of benzene rings is 3. The summed E-state index contributed by atoms with van der Waals surface area (Å²) in [6, 6.07) is 0. The maximum absolute atomic E-state index is 15.8. The van der Waals surface area contributed by atoms with Gasteiger partial charge in [0.25, 0.3) is 0 Å². The molecule has 0 atom stereocenters. The molecule has 0 aliphatic carbocycles. The number of aromatic nitrogens is 2. The Balaban J connectivity index is 2.16. The summed E-state index contributed by atoms with van der Waals surface area (Å²) in [6.45, 7) is 2.02. The SMILES string of the molecule is CCCCCCCCCCCc1nccn1[B-](c1c(F)c(F)c(F)c(F)c1F)(c1c(F)c(F)c(F)c(F)c1F)c1c(F)c(F)c(F)c(F)c1F. The average molecular weight is 733 g/mol. The van der Waals surface area contributed by atoms with Crippen molar-refractivity contribution >= 4 is 22.7 Å². The molecule has 3 aromatic carbocycles. The van der Waals surface area contributed by atoms with Crippen LogP contribution < -0.4 is 16.4 Å². The van der Waals surface area contributed by atoms with Gasteiger partial charge in [0, 0.05) is 12.6 Å². The minimum atomic E-state index is -5.90. The molecule has 272 valence electrons. The lowest BCUT2D eigenvalue weighted by Gasteiger charge is -2.46. The van der Waals surface area contributed by atoms with Crippen LogP contribution in [0.5, 0.6) is 0 Å². The van der Waals surface area contributed by atoms with Crippen molar-refractivity contribution < 1.29 is 65.9 Å². The van der Waals surface area contributed by atoms with Crippen LogP contribution in [0.4, 0.5) is 65.9 Å². The number of aryl methyl sites for hydroxylation is 1. The third-order valence-corrected chi connectivity index (χ3v) is 8.65. The van der Waals surface area contributed by atoms with Gasteiger partial charge in [0.05, 0.1) is 5.82 Å². The van der Waals surface area contributed by atoms with E-state index in [0.29, 0.717) is 31.7 Å². The quantitative estimate of drug-likeness (QED) is 0.0418. The van der Waals surface area contributed by atoms with Crippen molar-refractivity contribution in [3.63, 3.8) is 0 Å². The summed E-state index contributed by atoms with van der Waals surface area (Å²) in [5, 5.41) is 0. The second kappa shape index (κ2) is 15.4. The van der Waals surface area contributed by atoms with Gasteiger partial charge >= 0.3 is 0 Å². The van der Waals surface area contributed by atoms with Crippen molar-refractivity contribution in [3.8, 4) is 0 Å². The first kappa shape index (κ1) is 38.7. The summed E-state index contributed by atoms with van der Waals surface area (Å²) in [5.41, 5.74) is -8.09. The van der Waals surface area contributed by atoms with Crippen LogP contribution in [0, 0.1) is 87.3 Å². The Morgan fingerprint density at radius 1 is 0.420 bits per heavy atom. The third-order valence-electron chi connectivity index (χ3n) is 8.65. The highest BCUT2D eigenvalue weighted by Gasteiger charge is 2.50. The Morgan fingerprint density at radius 3 is 1.02 bits per heavy atom. The van der Waals surface area contributed by atoms with Crippen molar-refractivity contribution in [3.05, 3.63) is 105 Å². The Morgan fingerprint density at radius 2 is 0.700 bits per heavy atom. The number of rotatable bonds is 14. The zero-order valence-electron chi connectivity index (χ0n) is 25.9. The van der Waals surface area contributed by atoms with Crippen molar-refractivity contribution in [1.82, 2.24) is 9.46 Å². The number of hydrogen-bond donors (Lipinski definition) is 0. The normalized spacial score (nSPS) is 12.0. The van der Waals surface area contributed by atoms with Crippen molar-refractivity contribution in [1.29, 1.82) is 0 Å².